The number of halogens is 2. The van der Waals surface area contributed by atoms with Crippen LogP contribution in [0.15, 0.2) is 0 Å². The number of ether oxygens (including phenoxy) is 1. The van der Waals surface area contributed by atoms with Gasteiger partial charge in [0.05, 0.1) is 3.23 Å². The number of alkyl halides is 2. The summed E-state index contributed by atoms with van der Waals surface area (Å²) in [5, 5.41) is 0. The van der Waals surface area contributed by atoms with Crippen LogP contribution in [-0.4, -0.2) is 14.8 Å². The molecule has 6 aliphatic carbocycles. The van der Waals surface area contributed by atoms with Crippen molar-refractivity contribution in [2.75, 3.05) is 0 Å². The molecule has 0 heterocycles. The molecule has 0 aliphatic heterocycles. The highest BCUT2D eigenvalue weighted by molar-refractivity contribution is 9.25. The summed E-state index contributed by atoms with van der Waals surface area (Å²) >= 11 is 7.88. The smallest absolute Gasteiger partial charge is 0.303 e. The minimum Gasteiger partial charge on any atom is -0.459 e. The molecule has 0 radical (unpaired) electrons. The van der Waals surface area contributed by atoms with Gasteiger partial charge in [0, 0.05) is 18.8 Å². The minimum atomic E-state index is -0.115. The van der Waals surface area contributed by atoms with Gasteiger partial charge in [-0.15, -0.1) is 0 Å². The van der Waals surface area contributed by atoms with Crippen molar-refractivity contribution in [3.8, 4) is 0 Å². The summed E-state index contributed by atoms with van der Waals surface area (Å²) in [6.45, 7) is 1.57. The van der Waals surface area contributed by atoms with Gasteiger partial charge in [-0.2, -0.15) is 0 Å². The van der Waals surface area contributed by atoms with Gasteiger partial charge >= 0.3 is 5.97 Å². The van der Waals surface area contributed by atoms with Crippen LogP contribution in [0.5, 0.6) is 0 Å². The van der Waals surface area contributed by atoms with Gasteiger partial charge in [-0.1, -0.05) is 31.9 Å². The second-order valence-electron chi connectivity index (χ2n) is 6.76. The van der Waals surface area contributed by atoms with Crippen LogP contribution in [-0.2, 0) is 9.53 Å². The van der Waals surface area contributed by atoms with Crippen molar-refractivity contribution in [1.29, 1.82) is 0 Å². The first-order valence-corrected chi connectivity index (χ1v) is 8.14. The Morgan fingerprint density at radius 2 is 2.00 bits per heavy atom. The summed E-state index contributed by atoms with van der Waals surface area (Å²) in [4.78, 5) is 11.5. The summed E-state index contributed by atoms with van der Waals surface area (Å²) in [7, 11) is 0. The Morgan fingerprint density at radius 1 is 1.24 bits per heavy atom. The van der Waals surface area contributed by atoms with Gasteiger partial charge < -0.3 is 4.74 Å². The van der Waals surface area contributed by atoms with Crippen LogP contribution in [0, 0.1) is 41.4 Å². The van der Waals surface area contributed by atoms with E-state index in [2.05, 4.69) is 31.9 Å². The van der Waals surface area contributed by atoms with Crippen LogP contribution < -0.4 is 0 Å². The number of hydrogen-bond acceptors (Lipinski definition) is 2. The Hall–Kier alpha value is 0.430. The molecule has 6 saturated carbocycles. The zero-order chi connectivity index (χ0) is 11.7. The van der Waals surface area contributed by atoms with Crippen molar-refractivity contribution < 1.29 is 9.53 Å². The van der Waals surface area contributed by atoms with Gasteiger partial charge in [-0.3, -0.25) is 4.79 Å². The first kappa shape index (κ1) is 10.2. The maximum Gasteiger partial charge on any atom is 0.303 e. The third kappa shape index (κ3) is 0.775. The molecule has 6 rings (SSSR count). The Morgan fingerprint density at radius 3 is 2.71 bits per heavy atom. The lowest BCUT2D eigenvalue weighted by molar-refractivity contribution is -0.168. The van der Waals surface area contributed by atoms with E-state index >= 15 is 0 Å². The van der Waals surface area contributed by atoms with Crippen LogP contribution in [0.4, 0.5) is 0 Å². The molecule has 0 saturated heterocycles. The Labute approximate surface area is 117 Å². The van der Waals surface area contributed by atoms with Gasteiger partial charge in [0.1, 0.15) is 5.60 Å². The van der Waals surface area contributed by atoms with Gasteiger partial charge in [0.2, 0.25) is 0 Å². The molecule has 17 heavy (non-hydrogen) atoms. The van der Waals surface area contributed by atoms with Crippen LogP contribution >= 0.6 is 31.9 Å². The predicted molar refractivity (Wildman–Crippen MR) is 68.7 cm³/mol. The lowest BCUT2D eigenvalue weighted by Crippen LogP contribution is -2.47. The standard InChI is InChI=1S/C13H14Br2O2/c1-4(16)17-12-3-7-5-2-6-8(7)11(12)13(14,15)10(6)9(5)12/h5-11H,2-3H2,1H3/t5-,6+,7+,8+,9+,10-,11+,12-/m1/s1. The molecule has 0 unspecified atom stereocenters. The third-order valence-corrected chi connectivity index (χ3v) is 8.66. The first-order valence-electron chi connectivity index (χ1n) is 6.56. The van der Waals surface area contributed by atoms with E-state index in [4.69, 9.17) is 4.74 Å². The van der Waals surface area contributed by atoms with Crippen molar-refractivity contribution in [3.63, 3.8) is 0 Å². The van der Waals surface area contributed by atoms with E-state index in [1.165, 1.54) is 6.42 Å². The molecule has 6 fully saturated rings. The highest BCUT2D eigenvalue weighted by Gasteiger charge is 2.90. The van der Waals surface area contributed by atoms with Crippen molar-refractivity contribution in [2.24, 2.45) is 41.4 Å². The van der Waals surface area contributed by atoms with E-state index < -0.39 is 0 Å². The molecule has 0 aromatic rings. The fourth-order valence-electron chi connectivity index (χ4n) is 6.95. The summed E-state index contributed by atoms with van der Waals surface area (Å²) in [6, 6.07) is 0. The van der Waals surface area contributed by atoms with E-state index in [9.17, 15) is 4.79 Å². The van der Waals surface area contributed by atoms with Gasteiger partial charge in [-0.05, 0) is 42.4 Å². The van der Waals surface area contributed by atoms with Crippen molar-refractivity contribution in [1.82, 2.24) is 0 Å². The molecule has 0 aromatic heterocycles. The summed E-state index contributed by atoms with van der Waals surface area (Å²) < 4.78 is 5.96. The highest BCUT2D eigenvalue weighted by Crippen LogP contribution is 2.89. The number of esters is 1. The molecular formula is C13H14Br2O2. The average Bonchev–Trinajstić information content (AvgIpc) is 2.84. The summed E-state index contributed by atoms with van der Waals surface area (Å²) in [5.74, 6) is 5.17. The van der Waals surface area contributed by atoms with Crippen LogP contribution in [0.3, 0.4) is 0 Å². The molecule has 0 spiro atoms. The molecule has 4 heteroatoms. The molecule has 2 nitrogen and oxygen atoms in total. The second-order valence-corrected chi connectivity index (χ2v) is 10.4. The van der Waals surface area contributed by atoms with E-state index in [0.717, 1.165) is 30.1 Å². The lowest BCUT2D eigenvalue weighted by atomic mass is 9.69. The van der Waals surface area contributed by atoms with Gasteiger partial charge in [0.25, 0.3) is 0 Å². The Balaban J connectivity index is 1.74. The highest BCUT2D eigenvalue weighted by atomic mass is 79.9. The monoisotopic (exact) mass is 360 g/mol. The first-order chi connectivity index (χ1) is 7.98. The molecule has 8 atom stereocenters. The maximum absolute atomic E-state index is 11.5. The number of carbonyl (C=O) groups excluding carboxylic acids is 1. The van der Waals surface area contributed by atoms with Gasteiger partial charge in [-0.25, -0.2) is 0 Å². The molecule has 92 valence electrons. The zero-order valence-corrected chi connectivity index (χ0v) is 12.7. The van der Waals surface area contributed by atoms with E-state index in [-0.39, 0.29) is 14.8 Å². The minimum absolute atomic E-state index is 0.0510. The van der Waals surface area contributed by atoms with Crippen LogP contribution in [0.2, 0.25) is 0 Å². The Bertz CT molecular complexity index is 462. The number of rotatable bonds is 1. The topological polar surface area (TPSA) is 26.3 Å². The van der Waals surface area contributed by atoms with Crippen LogP contribution in [0.1, 0.15) is 19.8 Å². The largest absolute Gasteiger partial charge is 0.459 e. The molecule has 6 bridgehead atoms. The third-order valence-electron chi connectivity index (χ3n) is 6.62. The second kappa shape index (κ2) is 2.52. The maximum atomic E-state index is 11.5. The summed E-state index contributed by atoms with van der Waals surface area (Å²) in [5.41, 5.74) is -0.115. The van der Waals surface area contributed by atoms with Crippen molar-refractivity contribution >= 4 is 37.8 Å². The SMILES string of the molecule is CC(=O)O[C@@]12C[C@H]3[C@H]4C[C@H]5[C@@H]3[C@@H]1C(Br)(Br)[C@H]5[C@H]42. The molecule has 0 N–H and O–H groups in total. The van der Waals surface area contributed by atoms with E-state index in [1.807, 2.05) is 0 Å². The molecule has 0 aromatic carbocycles. The number of hydrogen-bond donors (Lipinski definition) is 0. The average molecular weight is 362 g/mol. The van der Waals surface area contributed by atoms with Gasteiger partial charge in [0.15, 0.2) is 0 Å². The van der Waals surface area contributed by atoms with Crippen molar-refractivity contribution in [2.45, 2.75) is 28.6 Å². The lowest BCUT2D eigenvalue weighted by Gasteiger charge is -2.41. The zero-order valence-electron chi connectivity index (χ0n) is 9.53. The van der Waals surface area contributed by atoms with E-state index in [0.29, 0.717) is 17.8 Å². The van der Waals surface area contributed by atoms with E-state index in [1.54, 1.807) is 6.92 Å². The fourth-order valence-corrected chi connectivity index (χ4v) is 9.58. The predicted octanol–water partition coefficient (Wildman–Crippen LogP) is 2.94. The number of carbonyl (C=O) groups is 1. The molecular weight excluding hydrogens is 348 g/mol. The normalized spacial score (nSPS) is 66.4. The molecule has 0 amide bonds. The van der Waals surface area contributed by atoms with Crippen LogP contribution in [0.25, 0.3) is 0 Å². The Kier molecular flexibility index (Phi) is 1.52. The fraction of sp³-hybridized carbons (Fsp3) is 0.923. The van der Waals surface area contributed by atoms with Crippen molar-refractivity contribution in [3.05, 3.63) is 0 Å². The molecule has 6 aliphatic rings. The summed E-state index contributed by atoms with van der Waals surface area (Å²) in [6.07, 6.45) is 2.53. The quantitative estimate of drug-likeness (QED) is 0.530.